The number of ether oxygens (including phenoxy) is 1. The van der Waals surface area contributed by atoms with E-state index < -0.39 is 0 Å². The van der Waals surface area contributed by atoms with Gasteiger partial charge in [-0.05, 0) is 23.7 Å². The van der Waals surface area contributed by atoms with Gasteiger partial charge in [0.15, 0.2) is 0 Å². The second-order valence-electron chi connectivity index (χ2n) is 2.69. The standard InChI is InChI=1S/C9H10N2OS/c1-12-9-6-8(13-10-9)7-11-4-2-3-5-11/h2-6H,7H2,1H3. The van der Waals surface area contributed by atoms with Crippen molar-refractivity contribution in [3.05, 3.63) is 35.5 Å². The maximum absolute atomic E-state index is 5.00. The third-order valence-corrected chi connectivity index (χ3v) is 2.50. The molecule has 0 fully saturated rings. The van der Waals surface area contributed by atoms with Crippen LogP contribution in [-0.2, 0) is 6.54 Å². The molecular formula is C9H10N2OS. The summed E-state index contributed by atoms with van der Waals surface area (Å²) in [4.78, 5) is 1.20. The van der Waals surface area contributed by atoms with E-state index in [1.54, 1.807) is 7.11 Å². The smallest absolute Gasteiger partial charge is 0.225 e. The average molecular weight is 194 g/mol. The van der Waals surface area contributed by atoms with Crippen molar-refractivity contribution in [3.63, 3.8) is 0 Å². The largest absolute Gasteiger partial charge is 0.480 e. The van der Waals surface area contributed by atoms with E-state index in [2.05, 4.69) is 8.94 Å². The summed E-state index contributed by atoms with van der Waals surface area (Å²) in [5.41, 5.74) is 0. The first kappa shape index (κ1) is 8.31. The number of hydrogen-bond donors (Lipinski definition) is 0. The fraction of sp³-hybridized carbons (Fsp3) is 0.222. The molecule has 0 unspecified atom stereocenters. The van der Waals surface area contributed by atoms with Gasteiger partial charge in [0.1, 0.15) is 0 Å². The molecule has 0 aliphatic rings. The highest BCUT2D eigenvalue weighted by Gasteiger charge is 2.00. The minimum absolute atomic E-state index is 0.701. The molecule has 0 spiro atoms. The number of rotatable bonds is 3. The van der Waals surface area contributed by atoms with Crippen LogP contribution in [0.4, 0.5) is 0 Å². The molecule has 0 N–H and O–H groups in total. The van der Waals surface area contributed by atoms with E-state index in [0.717, 1.165) is 6.54 Å². The molecule has 2 rings (SSSR count). The molecule has 0 bridgehead atoms. The van der Waals surface area contributed by atoms with E-state index in [1.165, 1.54) is 16.4 Å². The Labute approximate surface area is 80.8 Å². The summed E-state index contributed by atoms with van der Waals surface area (Å²) >= 11 is 1.48. The zero-order valence-corrected chi connectivity index (χ0v) is 8.12. The molecule has 0 saturated carbocycles. The van der Waals surface area contributed by atoms with Gasteiger partial charge in [-0.15, -0.1) is 0 Å². The molecule has 0 aliphatic carbocycles. The minimum Gasteiger partial charge on any atom is -0.480 e. The lowest BCUT2D eigenvalue weighted by molar-refractivity contribution is 0.402. The van der Waals surface area contributed by atoms with Gasteiger partial charge in [0.05, 0.1) is 13.7 Å². The predicted octanol–water partition coefficient (Wildman–Crippen LogP) is 2.00. The quantitative estimate of drug-likeness (QED) is 0.747. The minimum atomic E-state index is 0.701. The Morgan fingerprint density at radius 1 is 1.46 bits per heavy atom. The summed E-state index contributed by atoms with van der Waals surface area (Å²) in [5, 5.41) is 0. The van der Waals surface area contributed by atoms with Crippen molar-refractivity contribution >= 4 is 11.5 Å². The van der Waals surface area contributed by atoms with Gasteiger partial charge in [-0.3, -0.25) is 0 Å². The van der Waals surface area contributed by atoms with Crippen LogP contribution < -0.4 is 4.74 Å². The van der Waals surface area contributed by atoms with Crippen LogP contribution >= 0.6 is 11.5 Å². The highest BCUT2D eigenvalue weighted by Crippen LogP contribution is 2.16. The molecule has 3 nitrogen and oxygen atoms in total. The molecule has 0 radical (unpaired) electrons. The molecule has 0 aliphatic heterocycles. The second-order valence-corrected chi connectivity index (χ2v) is 3.58. The Morgan fingerprint density at radius 3 is 2.85 bits per heavy atom. The molecule has 2 aromatic heterocycles. The molecule has 0 atom stereocenters. The highest BCUT2D eigenvalue weighted by molar-refractivity contribution is 7.05. The zero-order chi connectivity index (χ0) is 9.10. The van der Waals surface area contributed by atoms with Gasteiger partial charge in [-0.1, -0.05) is 0 Å². The lowest BCUT2D eigenvalue weighted by Gasteiger charge is -1.96. The number of aromatic nitrogens is 2. The van der Waals surface area contributed by atoms with Crippen molar-refractivity contribution < 1.29 is 4.74 Å². The molecular weight excluding hydrogens is 184 g/mol. The molecule has 0 aromatic carbocycles. The Hall–Kier alpha value is -1.29. The maximum Gasteiger partial charge on any atom is 0.225 e. The van der Waals surface area contributed by atoms with Crippen molar-refractivity contribution in [1.29, 1.82) is 0 Å². The van der Waals surface area contributed by atoms with E-state index in [-0.39, 0.29) is 0 Å². The van der Waals surface area contributed by atoms with Crippen LogP contribution in [0.25, 0.3) is 0 Å². The Kier molecular flexibility index (Phi) is 2.31. The highest BCUT2D eigenvalue weighted by atomic mass is 32.1. The Morgan fingerprint density at radius 2 is 2.23 bits per heavy atom. The average Bonchev–Trinajstić information content (AvgIpc) is 2.76. The molecule has 0 amide bonds. The summed E-state index contributed by atoms with van der Waals surface area (Å²) in [6.07, 6.45) is 4.07. The first-order valence-corrected chi connectivity index (χ1v) is 4.76. The van der Waals surface area contributed by atoms with Crippen LogP contribution in [0.1, 0.15) is 4.88 Å². The summed E-state index contributed by atoms with van der Waals surface area (Å²) in [5.74, 6) is 0.701. The van der Waals surface area contributed by atoms with Crippen LogP contribution in [0.3, 0.4) is 0 Å². The van der Waals surface area contributed by atoms with Gasteiger partial charge in [-0.25, -0.2) is 0 Å². The molecule has 0 saturated heterocycles. The molecule has 13 heavy (non-hydrogen) atoms. The second kappa shape index (κ2) is 3.62. The maximum atomic E-state index is 5.00. The zero-order valence-electron chi connectivity index (χ0n) is 7.30. The van der Waals surface area contributed by atoms with E-state index in [4.69, 9.17) is 4.74 Å². The van der Waals surface area contributed by atoms with Crippen molar-refractivity contribution in [1.82, 2.24) is 8.94 Å². The van der Waals surface area contributed by atoms with Crippen molar-refractivity contribution in [2.75, 3.05) is 7.11 Å². The fourth-order valence-corrected chi connectivity index (χ4v) is 1.82. The van der Waals surface area contributed by atoms with Gasteiger partial charge >= 0.3 is 0 Å². The van der Waals surface area contributed by atoms with Crippen LogP contribution in [-0.4, -0.2) is 16.1 Å². The van der Waals surface area contributed by atoms with Crippen LogP contribution in [0.2, 0.25) is 0 Å². The third-order valence-electron chi connectivity index (χ3n) is 1.75. The first-order valence-electron chi connectivity index (χ1n) is 3.99. The number of nitrogens with zero attached hydrogens (tertiary/aromatic N) is 2. The monoisotopic (exact) mass is 194 g/mol. The van der Waals surface area contributed by atoms with Gasteiger partial charge in [0, 0.05) is 23.3 Å². The summed E-state index contributed by atoms with van der Waals surface area (Å²) in [7, 11) is 1.63. The lowest BCUT2D eigenvalue weighted by atomic mass is 10.5. The lowest BCUT2D eigenvalue weighted by Crippen LogP contribution is -1.92. The number of methoxy groups -OCH3 is 1. The fourth-order valence-electron chi connectivity index (χ4n) is 1.12. The van der Waals surface area contributed by atoms with Crippen molar-refractivity contribution in [3.8, 4) is 5.88 Å². The summed E-state index contributed by atoms with van der Waals surface area (Å²) in [6.45, 7) is 0.869. The number of hydrogen-bond acceptors (Lipinski definition) is 3. The summed E-state index contributed by atoms with van der Waals surface area (Å²) < 4.78 is 11.2. The predicted molar refractivity (Wildman–Crippen MR) is 52.2 cm³/mol. The van der Waals surface area contributed by atoms with E-state index in [1.807, 2.05) is 30.6 Å². The van der Waals surface area contributed by atoms with Gasteiger partial charge in [0.2, 0.25) is 5.88 Å². The SMILES string of the molecule is COc1cc(Cn2cccc2)sn1. The van der Waals surface area contributed by atoms with Crippen molar-refractivity contribution in [2.24, 2.45) is 0 Å². The van der Waals surface area contributed by atoms with Crippen molar-refractivity contribution in [2.45, 2.75) is 6.54 Å². The van der Waals surface area contributed by atoms with Crippen LogP contribution in [0, 0.1) is 0 Å². The molecule has 2 heterocycles. The van der Waals surface area contributed by atoms with Crippen LogP contribution in [0.15, 0.2) is 30.6 Å². The van der Waals surface area contributed by atoms with Gasteiger partial charge in [0.25, 0.3) is 0 Å². The molecule has 2 aromatic rings. The third kappa shape index (κ3) is 1.89. The van der Waals surface area contributed by atoms with E-state index >= 15 is 0 Å². The Bertz CT molecular complexity index is 367. The van der Waals surface area contributed by atoms with E-state index in [9.17, 15) is 0 Å². The molecule has 4 heteroatoms. The van der Waals surface area contributed by atoms with Crippen LogP contribution in [0.5, 0.6) is 5.88 Å². The normalized spacial score (nSPS) is 10.2. The van der Waals surface area contributed by atoms with Gasteiger partial charge < -0.3 is 9.30 Å². The summed E-state index contributed by atoms with van der Waals surface area (Å²) in [6, 6.07) is 5.99. The Balaban J connectivity index is 2.10. The molecule has 68 valence electrons. The topological polar surface area (TPSA) is 27.1 Å². The van der Waals surface area contributed by atoms with Gasteiger partial charge in [-0.2, -0.15) is 4.37 Å². The van der Waals surface area contributed by atoms with E-state index in [0.29, 0.717) is 5.88 Å². The first-order chi connectivity index (χ1) is 6.38.